The number of hydrogen-bond acceptors (Lipinski definition) is 4. The number of rotatable bonds is 5. The van der Waals surface area contributed by atoms with E-state index in [9.17, 15) is 14.0 Å². The summed E-state index contributed by atoms with van der Waals surface area (Å²) in [6, 6.07) is 10.5. The SMILES string of the molecule is CCC(OC(=O)c1cccc(N)c1)C(=O)Nc1ccc(Br)cc1F. The van der Waals surface area contributed by atoms with Crippen molar-refractivity contribution >= 4 is 39.2 Å². The lowest BCUT2D eigenvalue weighted by Crippen LogP contribution is -2.32. The summed E-state index contributed by atoms with van der Waals surface area (Å²) in [6.45, 7) is 1.69. The number of nitrogens with one attached hydrogen (secondary N) is 1. The Morgan fingerprint density at radius 3 is 2.67 bits per heavy atom. The number of nitrogens with two attached hydrogens (primary N) is 1. The monoisotopic (exact) mass is 394 g/mol. The van der Waals surface area contributed by atoms with Gasteiger partial charge in [-0.05, 0) is 42.8 Å². The van der Waals surface area contributed by atoms with Crippen molar-refractivity contribution in [3.8, 4) is 0 Å². The predicted molar refractivity (Wildman–Crippen MR) is 93.1 cm³/mol. The van der Waals surface area contributed by atoms with Crippen LogP contribution in [0.2, 0.25) is 0 Å². The summed E-state index contributed by atoms with van der Waals surface area (Å²) in [5, 5.41) is 2.42. The minimum Gasteiger partial charge on any atom is -0.449 e. The van der Waals surface area contributed by atoms with Gasteiger partial charge in [-0.15, -0.1) is 0 Å². The molecule has 1 amide bonds. The fraction of sp³-hybridized carbons (Fsp3) is 0.176. The molecule has 3 N–H and O–H groups in total. The van der Waals surface area contributed by atoms with E-state index in [-0.39, 0.29) is 17.7 Å². The maximum absolute atomic E-state index is 13.8. The molecular weight excluding hydrogens is 379 g/mol. The van der Waals surface area contributed by atoms with Gasteiger partial charge in [0, 0.05) is 10.2 Å². The lowest BCUT2D eigenvalue weighted by atomic mass is 10.2. The maximum atomic E-state index is 13.8. The van der Waals surface area contributed by atoms with Gasteiger partial charge < -0.3 is 15.8 Å². The Hall–Kier alpha value is -2.41. The van der Waals surface area contributed by atoms with Crippen LogP contribution in [-0.4, -0.2) is 18.0 Å². The number of ether oxygens (including phenoxy) is 1. The van der Waals surface area contributed by atoms with E-state index < -0.39 is 23.8 Å². The quantitative estimate of drug-likeness (QED) is 0.597. The normalized spacial score (nSPS) is 11.6. The number of hydrogen-bond donors (Lipinski definition) is 2. The van der Waals surface area contributed by atoms with E-state index in [1.54, 1.807) is 25.1 Å². The zero-order valence-electron chi connectivity index (χ0n) is 12.9. The van der Waals surface area contributed by atoms with Crippen molar-refractivity contribution in [1.82, 2.24) is 0 Å². The van der Waals surface area contributed by atoms with Gasteiger partial charge in [-0.25, -0.2) is 9.18 Å². The topological polar surface area (TPSA) is 81.4 Å². The zero-order valence-corrected chi connectivity index (χ0v) is 14.5. The summed E-state index contributed by atoms with van der Waals surface area (Å²) >= 11 is 3.14. The molecule has 5 nitrogen and oxygen atoms in total. The number of carbonyl (C=O) groups excluding carboxylic acids is 2. The zero-order chi connectivity index (χ0) is 17.7. The van der Waals surface area contributed by atoms with Gasteiger partial charge in [0.2, 0.25) is 0 Å². The van der Waals surface area contributed by atoms with Gasteiger partial charge >= 0.3 is 5.97 Å². The lowest BCUT2D eigenvalue weighted by Gasteiger charge is -2.16. The van der Waals surface area contributed by atoms with Gasteiger partial charge in [0.05, 0.1) is 11.3 Å². The van der Waals surface area contributed by atoms with E-state index >= 15 is 0 Å². The van der Waals surface area contributed by atoms with Crippen LogP contribution in [0.25, 0.3) is 0 Å². The molecule has 0 aliphatic heterocycles. The van der Waals surface area contributed by atoms with Gasteiger partial charge in [-0.2, -0.15) is 0 Å². The second kappa shape index (κ2) is 7.92. The molecule has 7 heteroatoms. The molecule has 126 valence electrons. The second-order valence-corrected chi connectivity index (χ2v) is 5.96. The number of benzene rings is 2. The minimum absolute atomic E-state index is 0.0154. The molecule has 0 saturated carbocycles. The summed E-state index contributed by atoms with van der Waals surface area (Å²) in [6.07, 6.45) is -0.792. The number of amides is 1. The molecule has 0 radical (unpaired) electrons. The molecule has 0 aliphatic carbocycles. The average molecular weight is 395 g/mol. The number of nitrogen functional groups attached to an aromatic ring is 1. The summed E-state index contributed by atoms with van der Waals surface area (Å²) in [7, 11) is 0. The molecule has 24 heavy (non-hydrogen) atoms. The highest BCUT2D eigenvalue weighted by atomic mass is 79.9. The van der Waals surface area contributed by atoms with E-state index in [2.05, 4.69) is 21.2 Å². The van der Waals surface area contributed by atoms with Crippen molar-refractivity contribution in [3.63, 3.8) is 0 Å². The molecule has 0 heterocycles. The molecule has 0 spiro atoms. The highest BCUT2D eigenvalue weighted by molar-refractivity contribution is 9.10. The molecule has 1 unspecified atom stereocenters. The van der Waals surface area contributed by atoms with Crippen molar-refractivity contribution < 1.29 is 18.7 Å². The second-order valence-electron chi connectivity index (χ2n) is 5.04. The summed E-state index contributed by atoms with van der Waals surface area (Å²) in [5.41, 5.74) is 6.30. The smallest absolute Gasteiger partial charge is 0.338 e. The Labute approximate surface area is 147 Å². The van der Waals surface area contributed by atoms with E-state index in [0.29, 0.717) is 10.2 Å². The highest BCUT2D eigenvalue weighted by Crippen LogP contribution is 2.20. The molecule has 0 fully saturated rings. The number of carbonyl (C=O) groups is 2. The Kier molecular flexibility index (Phi) is 5.92. The van der Waals surface area contributed by atoms with Gasteiger partial charge in [-0.3, -0.25) is 4.79 Å². The molecule has 1 atom stereocenters. The standard InChI is InChI=1S/C17H16BrFN2O3/c1-2-15(24-17(23)10-4-3-5-12(20)8-10)16(22)21-14-7-6-11(18)9-13(14)19/h3-9,15H,2,20H2,1H3,(H,21,22). The molecule has 2 rings (SSSR count). The molecule has 0 aromatic heterocycles. The van der Waals surface area contributed by atoms with Crippen molar-refractivity contribution in [3.05, 3.63) is 58.3 Å². The van der Waals surface area contributed by atoms with Gasteiger partial charge in [-0.1, -0.05) is 28.9 Å². The Balaban J connectivity index is 2.07. The Morgan fingerprint density at radius 2 is 2.04 bits per heavy atom. The van der Waals surface area contributed by atoms with Crippen LogP contribution in [0.15, 0.2) is 46.9 Å². The van der Waals surface area contributed by atoms with Crippen molar-refractivity contribution in [2.24, 2.45) is 0 Å². The molecule has 0 saturated heterocycles. The first-order valence-electron chi connectivity index (χ1n) is 7.23. The van der Waals surface area contributed by atoms with Crippen LogP contribution in [0.1, 0.15) is 23.7 Å². The van der Waals surface area contributed by atoms with Crippen LogP contribution < -0.4 is 11.1 Å². The average Bonchev–Trinajstić information content (AvgIpc) is 2.54. The third-order valence-electron chi connectivity index (χ3n) is 3.22. The van der Waals surface area contributed by atoms with Crippen molar-refractivity contribution in [1.29, 1.82) is 0 Å². The van der Waals surface area contributed by atoms with E-state index in [1.807, 2.05) is 0 Å². The number of halogens is 2. The molecule has 0 bridgehead atoms. The molecule has 0 aliphatic rings. The van der Waals surface area contributed by atoms with Crippen LogP contribution in [0.4, 0.5) is 15.8 Å². The highest BCUT2D eigenvalue weighted by Gasteiger charge is 2.23. The number of esters is 1. The first-order valence-corrected chi connectivity index (χ1v) is 8.02. The van der Waals surface area contributed by atoms with Gasteiger partial charge in [0.25, 0.3) is 5.91 Å². The van der Waals surface area contributed by atoms with E-state index in [1.165, 1.54) is 24.3 Å². The first-order chi connectivity index (χ1) is 11.4. The molecule has 2 aromatic rings. The van der Waals surface area contributed by atoms with Gasteiger partial charge in [0.15, 0.2) is 6.10 Å². The first kappa shape index (κ1) is 17.9. The third-order valence-corrected chi connectivity index (χ3v) is 3.72. The van der Waals surface area contributed by atoms with Crippen LogP contribution in [0.5, 0.6) is 0 Å². The van der Waals surface area contributed by atoms with Crippen molar-refractivity contribution in [2.45, 2.75) is 19.4 Å². The minimum atomic E-state index is -1.04. The fourth-order valence-electron chi connectivity index (χ4n) is 1.99. The van der Waals surface area contributed by atoms with Gasteiger partial charge in [0.1, 0.15) is 5.82 Å². The third kappa shape index (κ3) is 4.55. The van der Waals surface area contributed by atoms with Crippen molar-refractivity contribution in [2.75, 3.05) is 11.1 Å². The summed E-state index contributed by atoms with van der Waals surface area (Å²) < 4.78 is 19.5. The van der Waals surface area contributed by atoms with E-state index in [4.69, 9.17) is 10.5 Å². The van der Waals surface area contributed by atoms with Crippen LogP contribution in [-0.2, 0) is 9.53 Å². The lowest BCUT2D eigenvalue weighted by molar-refractivity contribution is -0.124. The Bertz CT molecular complexity index is 767. The largest absolute Gasteiger partial charge is 0.449 e. The van der Waals surface area contributed by atoms with Crippen LogP contribution in [0.3, 0.4) is 0 Å². The predicted octanol–water partition coefficient (Wildman–Crippen LogP) is 3.74. The molecular formula is C17H16BrFN2O3. The maximum Gasteiger partial charge on any atom is 0.338 e. The summed E-state index contributed by atoms with van der Waals surface area (Å²) in [4.78, 5) is 24.3. The number of anilines is 2. The Morgan fingerprint density at radius 1 is 1.29 bits per heavy atom. The van der Waals surface area contributed by atoms with Crippen LogP contribution >= 0.6 is 15.9 Å². The molecule has 2 aromatic carbocycles. The fourth-order valence-corrected chi connectivity index (χ4v) is 2.32. The van der Waals surface area contributed by atoms with E-state index in [0.717, 1.165) is 0 Å². The summed E-state index contributed by atoms with van der Waals surface area (Å²) in [5.74, 6) is -1.86. The van der Waals surface area contributed by atoms with Crippen LogP contribution in [0, 0.1) is 5.82 Å².